The molecule has 23 heavy (non-hydrogen) atoms. The molecule has 0 amide bonds. The Morgan fingerprint density at radius 1 is 1.13 bits per heavy atom. The summed E-state index contributed by atoms with van der Waals surface area (Å²) in [6, 6.07) is 8.37. The molecule has 2 heterocycles. The molecule has 1 aromatic heterocycles. The number of rotatable bonds is 4. The molecule has 0 spiro atoms. The maximum atomic E-state index is 5.93. The molecule has 0 unspecified atom stereocenters. The van der Waals surface area contributed by atoms with Crippen LogP contribution in [0.25, 0.3) is 0 Å². The van der Waals surface area contributed by atoms with Crippen LogP contribution in [-0.4, -0.2) is 10.8 Å². The molecule has 0 atom stereocenters. The number of hydrogen-bond acceptors (Lipinski definition) is 4. The number of nitrogens with zero attached hydrogens (tertiary/aromatic N) is 1. The van der Waals surface area contributed by atoms with E-state index in [0.29, 0.717) is 19.8 Å². The quantitative estimate of drug-likeness (QED) is 0.853. The number of aromatic nitrogens is 1. The number of hydrogen-bond donors (Lipinski definition) is 0. The van der Waals surface area contributed by atoms with Crippen LogP contribution in [0.15, 0.2) is 30.5 Å². The van der Waals surface area contributed by atoms with Crippen molar-refractivity contribution in [1.29, 1.82) is 0 Å². The molecule has 1 aliphatic rings. The summed E-state index contributed by atoms with van der Waals surface area (Å²) in [6.45, 7) is 9.46. The van der Waals surface area contributed by atoms with E-state index in [9.17, 15) is 0 Å². The van der Waals surface area contributed by atoms with E-state index < -0.39 is 5.79 Å². The maximum absolute atomic E-state index is 5.93. The van der Waals surface area contributed by atoms with Crippen LogP contribution in [0, 0.1) is 13.8 Å². The fraction of sp³-hybridized carbons (Fsp3) is 0.421. The molecular weight excluding hydrogens is 290 g/mol. The van der Waals surface area contributed by atoms with Crippen molar-refractivity contribution >= 4 is 0 Å². The van der Waals surface area contributed by atoms with Gasteiger partial charge in [0, 0.05) is 31.2 Å². The Balaban J connectivity index is 1.70. The largest absolute Gasteiger partial charge is 0.461 e. The topological polar surface area (TPSA) is 40.6 Å². The first kappa shape index (κ1) is 16.0. The fourth-order valence-corrected chi connectivity index (χ4v) is 2.58. The van der Waals surface area contributed by atoms with Gasteiger partial charge in [0.1, 0.15) is 5.75 Å². The molecule has 0 saturated heterocycles. The van der Waals surface area contributed by atoms with E-state index >= 15 is 0 Å². The smallest absolute Gasteiger partial charge is 0.205 e. The normalized spacial score (nSPS) is 15.8. The van der Waals surface area contributed by atoms with Gasteiger partial charge in [0.15, 0.2) is 0 Å². The molecule has 0 fully saturated rings. The van der Waals surface area contributed by atoms with Crippen LogP contribution < -0.4 is 4.74 Å². The Morgan fingerprint density at radius 2 is 1.87 bits per heavy atom. The highest BCUT2D eigenvalue weighted by Gasteiger charge is 2.30. The highest BCUT2D eigenvalue weighted by molar-refractivity contribution is 5.42. The first-order valence-corrected chi connectivity index (χ1v) is 7.88. The third-order valence-electron chi connectivity index (χ3n) is 3.96. The van der Waals surface area contributed by atoms with Crippen molar-refractivity contribution in [3.8, 4) is 5.75 Å². The van der Waals surface area contributed by atoms with Crippen molar-refractivity contribution in [1.82, 2.24) is 4.98 Å². The van der Waals surface area contributed by atoms with Crippen molar-refractivity contribution in [3.63, 3.8) is 0 Å². The number of ether oxygens (including phenoxy) is 3. The number of benzene rings is 1. The van der Waals surface area contributed by atoms with E-state index in [2.05, 4.69) is 36.2 Å². The third kappa shape index (κ3) is 3.71. The van der Waals surface area contributed by atoms with Crippen LogP contribution >= 0.6 is 0 Å². The minimum absolute atomic E-state index is 0.497. The minimum atomic E-state index is -0.610. The van der Waals surface area contributed by atoms with Crippen LogP contribution in [0.1, 0.15) is 41.8 Å². The van der Waals surface area contributed by atoms with Gasteiger partial charge in [-0.25, -0.2) is 0 Å². The lowest BCUT2D eigenvalue weighted by Gasteiger charge is -2.34. The summed E-state index contributed by atoms with van der Waals surface area (Å²) in [5.41, 5.74) is 5.37. The Labute approximate surface area is 137 Å². The maximum Gasteiger partial charge on any atom is 0.205 e. The van der Waals surface area contributed by atoms with Crippen molar-refractivity contribution in [2.75, 3.05) is 0 Å². The zero-order chi connectivity index (χ0) is 16.4. The summed E-state index contributed by atoms with van der Waals surface area (Å²) in [7, 11) is 0. The molecule has 3 rings (SSSR count). The van der Waals surface area contributed by atoms with E-state index in [1.54, 1.807) is 0 Å². The molecule has 4 heteroatoms. The molecule has 4 nitrogen and oxygen atoms in total. The van der Waals surface area contributed by atoms with Crippen LogP contribution in [0.4, 0.5) is 0 Å². The van der Waals surface area contributed by atoms with Gasteiger partial charge >= 0.3 is 0 Å². The molecule has 0 saturated carbocycles. The average molecular weight is 313 g/mol. The first-order valence-electron chi connectivity index (χ1n) is 7.88. The molecule has 0 radical (unpaired) electrons. The number of fused-ring (bicyclic) bond motifs is 1. The van der Waals surface area contributed by atoms with Gasteiger partial charge in [-0.2, -0.15) is 0 Å². The first-order chi connectivity index (χ1) is 10.9. The molecular formula is C19H23NO3. The Bertz CT molecular complexity index is 693. The SMILES string of the molecule is Cc1ccc(COCc2cnc(C)c3c2COC(C)(C)O3)cc1. The van der Waals surface area contributed by atoms with Crippen LogP contribution in [-0.2, 0) is 29.3 Å². The Kier molecular flexibility index (Phi) is 4.37. The molecule has 1 aromatic carbocycles. The number of aryl methyl sites for hydroxylation is 2. The lowest BCUT2D eigenvalue weighted by atomic mass is 10.1. The fourth-order valence-electron chi connectivity index (χ4n) is 2.58. The highest BCUT2D eigenvalue weighted by atomic mass is 16.7. The molecule has 0 bridgehead atoms. The lowest BCUT2D eigenvalue weighted by Crippen LogP contribution is -2.36. The third-order valence-corrected chi connectivity index (χ3v) is 3.96. The summed E-state index contributed by atoms with van der Waals surface area (Å²) in [4.78, 5) is 4.43. The van der Waals surface area contributed by atoms with E-state index in [1.165, 1.54) is 5.56 Å². The molecule has 2 aromatic rings. The van der Waals surface area contributed by atoms with Gasteiger partial charge in [-0.3, -0.25) is 4.98 Å². The zero-order valence-corrected chi connectivity index (χ0v) is 14.2. The van der Waals surface area contributed by atoms with Crippen LogP contribution in [0.2, 0.25) is 0 Å². The van der Waals surface area contributed by atoms with Crippen LogP contribution in [0.3, 0.4) is 0 Å². The van der Waals surface area contributed by atoms with Gasteiger partial charge in [0.05, 0.1) is 25.5 Å². The summed E-state index contributed by atoms with van der Waals surface area (Å²) in [5, 5.41) is 0. The van der Waals surface area contributed by atoms with Gasteiger partial charge in [0.25, 0.3) is 0 Å². The highest BCUT2D eigenvalue weighted by Crippen LogP contribution is 2.35. The second-order valence-corrected chi connectivity index (χ2v) is 6.45. The summed E-state index contributed by atoms with van der Waals surface area (Å²) >= 11 is 0. The van der Waals surface area contributed by atoms with Gasteiger partial charge < -0.3 is 14.2 Å². The van der Waals surface area contributed by atoms with E-state index in [-0.39, 0.29) is 0 Å². The second kappa shape index (κ2) is 6.30. The lowest BCUT2D eigenvalue weighted by molar-refractivity contribution is -0.181. The summed E-state index contributed by atoms with van der Waals surface area (Å²) in [5.74, 6) is 0.221. The van der Waals surface area contributed by atoms with Gasteiger partial charge in [-0.15, -0.1) is 0 Å². The molecule has 1 aliphatic heterocycles. The van der Waals surface area contributed by atoms with Crippen molar-refractivity contribution in [2.24, 2.45) is 0 Å². The predicted octanol–water partition coefficient (Wildman–Crippen LogP) is 4.06. The monoisotopic (exact) mass is 313 g/mol. The van der Waals surface area contributed by atoms with Crippen molar-refractivity contribution in [3.05, 3.63) is 58.4 Å². The minimum Gasteiger partial charge on any atom is -0.461 e. The number of pyridine rings is 1. The van der Waals surface area contributed by atoms with E-state index in [0.717, 1.165) is 28.1 Å². The molecule has 0 N–H and O–H groups in total. The van der Waals surface area contributed by atoms with Gasteiger partial charge in [0.2, 0.25) is 5.79 Å². The Morgan fingerprint density at radius 3 is 2.61 bits per heavy atom. The summed E-state index contributed by atoms with van der Waals surface area (Å²) < 4.78 is 17.5. The average Bonchev–Trinajstić information content (AvgIpc) is 2.51. The van der Waals surface area contributed by atoms with E-state index in [4.69, 9.17) is 14.2 Å². The van der Waals surface area contributed by atoms with Crippen LogP contribution in [0.5, 0.6) is 5.75 Å². The Hall–Kier alpha value is -1.91. The van der Waals surface area contributed by atoms with Crippen molar-refractivity contribution < 1.29 is 14.2 Å². The van der Waals surface area contributed by atoms with Crippen molar-refractivity contribution in [2.45, 2.75) is 53.3 Å². The van der Waals surface area contributed by atoms with E-state index in [1.807, 2.05) is 27.0 Å². The molecule has 0 aliphatic carbocycles. The predicted molar refractivity (Wildman–Crippen MR) is 88.1 cm³/mol. The van der Waals surface area contributed by atoms with Gasteiger partial charge in [-0.1, -0.05) is 29.8 Å². The summed E-state index contributed by atoms with van der Waals surface area (Å²) in [6.07, 6.45) is 1.86. The zero-order valence-electron chi connectivity index (χ0n) is 14.2. The second-order valence-electron chi connectivity index (χ2n) is 6.45. The molecule has 122 valence electrons. The van der Waals surface area contributed by atoms with Gasteiger partial charge in [-0.05, 0) is 19.4 Å². The standard InChI is InChI=1S/C19H23NO3/c1-13-5-7-15(8-6-13)10-21-11-16-9-20-14(2)18-17(16)12-22-19(3,4)23-18/h5-9H,10-12H2,1-4H3.